The molecule has 9 heteroatoms. The van der Waals surface area contributed by atoms with E-state index in [1.807, 2.05) is 41.8 Å². The summed E-state index contributed by atoms with van der Waals surface area (Å²) < 4.78 is 0. The molecule has 0 bridgehead atoms. The molecule has 174 valence electrons. The van der Waals surface area contributed by atoms with Gasteiger partial charge in [0, 0.05) is 29.6 Å². The van der Waals surface area contributed by atoms with E-state index >= 15 is 0 Å². The van der Waals surface area contributed by atoms with E-state index in [4.69, 9.17) is 0 Å². The molecule has 2 aromatic carbocycles. The van der Waals surface area contributed by atoms with Gasteiger partial charge in [-0.25, -0.2) is 4.98 Å². The zero-order valence-electron chi connectivity index (χ0n) is 18.5. The number of carbonyl (C=O) groups excluding carboxylic acids is 2. The number of benzene rings is 2. The van der Waals surface area contributed by atoms with Crippen molar-refractivity contribution < 1.29 is 9.59 Å². The van der Waals surface area contributed by atoms with E-state index < -0.39 is 0 Å². The first-order chi connectivity index (χ1) is 16.5. The van der Waals surface area contributed by atoms with E-state index in [9.17, 15) is 14.4 Å². The second-order valence-electron chi connectivity index (χ2n) is 7.57. The van der Waals surface area contributed by atoms with Crippen molar-refractivity contribution >= 4 is 45.1 Å². The van der Waals surface area contributed by atoms with Crippen LogP contribution in [-0.4, -0.2) is 40.1 Å². The molecule has 0 aliphatic rings. The van der Waals surface area contributed by atoms with Crippen LogP contribution in [0.5, 0.6) is 0 Å². The molecule has 2 aromatic heterocycles. The maximum absolute atomic E-state index is 12.8. The minimum Gasteiger partial charge on any atom is -0.353 e. The molecule has 4 aromatic rings. The fraction of sp³-hybridized carbons (Fsp3) is 0.200. The number of hydrogen-bond acceptors (Lipinski definition) is 6. The summed E-state index contributed by atoms with van der Waals surface area (Å²) in [5.41, 5.74) is 2.26. The molecule has 2 amide bonds. The molecule has 1 atom stereocenters. The molecule has 0 aliphatic carbocycles. The van der Waals surface area contributed by atoms with Crippen LogP contribution in [0.2, 0.25) is 0 Å². The molecular weight excluding hydrogens is 468 g/mol. The lowest BCUT2D eigenvalue weighted by Gasteiger charge is -2.12. The molecule has 4 rings (SSSR count). The van der Waals surface area contributed by atoms with Crippen LogP contribution >= 0.6 is 23.1 Å². The zero-order valence-corrected chi connectivity index (χ0v) is 20.2. The molecule has 7 nitrogen and oxygen atoms in total. The highest BCUT2D eigenvalue weighted by atomic mass is 32.2. The predicted octanol–water partition coefficient (Wildman–Crippen LogP) is 3.82. The van der Waals surface area contributed by atoms with E-state index in [0.717, 1.165) is 11.1 Å². The van der Waals surface area contributed by atoms with Gasteiger partial charge in [0.05, 0.1) is 16.4 Å². The van der Waals surface area contributed by atoms with Crippen molar-refractivity contribution in [1.29, 1.82) is 0 Å². The van der Waals surface area contributed by atoms with Crippen molar-refractivity contribution in [2.24, 2.45) is 0 Å². The fourth-order valence-corrected chi connectivity index (χ4v) is 5.11. The number of thioether (sulfide) groups is 1. The number of fused-ring (bicyclic) bond motifs is 1. The molecule has 0 radical (unpaired) electrons. The highest BCUT2D eigenvalue weighted by molar-refractivity contribution is 7.99. The second-order valence-corrected chi connectivity index (χ2v) is 9.76. The van der Waals surface area contributed by atoms with Gasteiger partial charge in [-0.2, -0.15) is 0 Å². The predicted molar refractivity (Wildman–Crippen MR) is 138 cm³/mol. The van der Waals surface area contributed by atoms with Crippen LogP contribution in [0.15, 0.2) is 70.8 Å². The van der Waals surface area contributed by atoms with Gasteiger partial charge < -0.3 is 15.6 Å². The van der Waals surface area contributed by atoms with E-state index in [-0.39, 0.29) is 22.6 Å². The number of aromatic nitrogens is 2. The monoisotopic (exact) mass is 492 g/mol. The van der Waals surface area contributed by atoms with Crippen LogP contribution in [0.4, 0.5) is 0 Å². The molecule has 1 unspecified atom stereocenters. The standard InChI is InChI=1S/C25H24N4O3S2/c1-16(22(30)26-12-13-27-23(31)18-10-6-3-7-11-18)33-15-20-28-24(32)21-19(14-34-25(21)29-20)17-8-4-2-5-9-17/h2-11,14,16H,12-13,15H2,1H3,(H,26,30)(H,27,31)(H,28,29,32). The van der Waals surface area contributed by atoms with Gasteiger partial charge in [-0.3, -0.25) is 14.4 Å². The average molecular weight is 493 g/mol. The Morgan fingerprint density at radius 3 is 2.44 bits per heavy atom. The Kier molecular flexibility index (Phi) is 7.76. The Morgan fingerprint density at radius 2 is 1.71 bits per heavy atom. The molecule has 0 saturated heterocycles. The highest BCUT2D eigenvalue weighted by Gasteiger charge is 2.16. The Morgan fingerprint density at radius 1 is 1.03 bits per heavy atom. The lowest BCUT2D eigenvalue weighted by atomic mass is 10.1. The minimum absolute atomic E-state index is 0.134. The number of hydrogen-bond donors (Lipinski definition) is 3. The van der Waals surface area contributed by atoms with Crippen LogP contribution in [-0.2, 0) is 10.5 Å². The van der Waals surface area contributed by atoms with Crippen molar-refractivity contribution in [1.82, 2.24) is 20.6 Å². The molecule has 2 heterocycles. The van der Waals surface area contributed by atoms with E-state index in [2.05, 4.69) is 20.6 Å². The molecule has 0 saturated carbocycles. The quantitative estimate of drug-likeness (QED) is 0.308. The SMILES string of the molecule is CC(SCc1nc2scc(-c3ccccc3)c2c(=O)[nH]1)C(=O)NCCNC(=O)c1ccccc1. The first-order valence-corrected chi connectivity index (χ1v) is 12.7. The third-order valence-electron chi connectivity index (χ3n) is 5.16. The third kappa shape index (κ3) is 5.73. The second kappa shape index (κ2) is 11.1. The van der Waals surface area contributed by atoms with Gasteiger partial charge in [-0.1, -0.05) is 48.5 Å². The number of nitrogens with zero attached hydrogens (tertiary/aromatic N) is 1. The maximum Gasteiger partial charge on any atom is 0.260 e. The number of rotatable bonds is 9. The summed E-state index contributed by atoms with van der Waals surface area (Å²) in [7, 11) is 0. The van der Waals surface area contributed by atoms with E-state index in [1.54, 1.807) is 31.2 Å². The molecule has 0 aliphatic heterocycles. The number of aromatic amines is 1. The van der Waals surface area contributed by atoms with Gasteiger partial charge in [0.1, 0.15) is 10.7 Å². The molecule has 0 fully saturated rings. The Balaban J connectivity index is 1.28. The summed E-state index contributed by atoms with van der Waals surface area (Å²) in [6.45, 7) is 2.48. The Bertz CT molecular complexity index is 1340. The van der Waals surface area contributed by atoms with E-state index in [0.29, 0.717) is 40.4 Å². The van der Waals surface area contributed by atoms with Crippen molar-refractivity contribution in [2.45, 2.75) is 17.9 Å². The van der Waals surface area contributed by atoms with Gasteiger partial charge in [0.2, 0.25) is 5.91 Å². The van der Waals surface area contributed by atoms with Gasteiger partial charge in [0.25, 0.3) is 11.5 Å². The van der Waals surface area contributed by atoms with Crippen LogP contribution in [0.1, 0.15) is 23.1 Å². The summed E-state index contributed by atoms with van der Waals surface area (Å²) in [5.74, 6) is 0.638. The normalized spacial score (nSPS) is 11.8. The van der Waals surface area contributed by atoms with Crippen molar-refractivity contribution in [3.8, 4) is 11.1 Å². The van der Waals surface area contributed by atoms with Crippen molar-refractivity contribution in [3.63, 3.8) is 0 Å². The van der Waals surface area contributed by atoms with Gasteiger partial charge in [-0.15, -0.1) is 23.1 Å². The average Bonchev–Trinajstić information content (AvgIpc) is 3.30. The largest absolute Gasteiger partial charge is 0.353 e. The first kappa shape index (κ1) is 23.7. The molecule has 0 spiro atoms. The Hall–Kier alpha value is -3.43. The topological polar surface area (TPSA) is 104 Å². The third-order valence-corrected chi connectivity index (χ3v) is 7.19. The number of nitrogens with one attached hydrogen (secondary N) is 3. The summed E-state index contributed by atoms with van der Waals surface area (Å²) in [5, 5.41) is 7.80. The molecule has 34 heavy (non-hydrogen) atoms. The summed E-state index contributed by atoms with van der Waals surface area (Å²) in [6.07, 6.45) is 0. The molecular formula is C25H24N4O3S2. The summed E-state index contributed by atoms with van der Waals surface area (Å²) in [4.78, 5) is 45.3. The Labute approximate surface area is 205 Å². The van der Waals surface area contributed by atoms with Crippen molar-refractivity contribution in [3.05, 3.63) is 87.8 Å². The van der Waals surface area contributed by atoms with Crippen LogP contribution in [0.25, 0.3) is 21.3 Å². The van der Waals surface area contributed by atoms with Gasteiger partial charge in [-0.05, 0) is 24.6 Å². The van der Waals surface area contributed by atoms with Crippen molar-refractivity contribution in [2.75, 3.05) is 13.1 Å². The summed E-state index contributed by atoms with van der Waals surface area (Å²) in [6, 6.07) is 18.7. The number of H-pyrrole nitrogens is 1. The zero-order chi connectivity index (χ0) is 23.9. The smallest absolute Gasteiger partial charge is 0.260 e. The highest BCUT2D eigenvalue weighted by Crippen LogP contribution is 2.30. The lowest BCUT2D eigenvalue weighted by molar-refractivity contribution is -0.120. The first-order valence-electron chi connectivity index (χ1n) is 10.8. The molecule has 3 N–H and O–H groups in total. The fourth-order valence-electron chi connectivity index (χ4n) is 3.37. The van der Waals surface area contributed by atoms with Gasteiger partial charge in [0.15, 0.2) is 0 Å². The lowest BCUT2D eigenvalue weighted by Crippen LogP contribution is -2.37. The number of amides is 2. The minimum atomic E-state index is -0.339. The van der Waals surface area contributed by atoms with Crippen LogP contribution in [0, 0.1) is 0 Å². The number of carbonyl (C=O) groups is 2. The van der Waals surface area contributed by atoms with Crippen LogP contribution in [0.3, 0.4) is 0 Å². The van der Waals surface area contributed by atoms with E-state index in [1.165, 1.54) is 23.1 Å². The van der Waals surface area contributed by atoms with Gasteiger partial charge >= 0.3 is 0 Å². The van der Waals surface area contributed by atoms with Crippen LogP contribution < -0.4 is 16.2 Å². The number of thiophene rings is 1. The summed E-state index contributed by atoms with van der Waals surface area (Å²) >= 11 is 2.83. The maximum atomic E-state index is 12.8.